The molecule has 1 aromatic heterocycles. The molecule has 5 nitrogen and oxygen atoms in total. The molecule has 84 valence electrons. The van der Waals surface area contributed by atoms with Crippen molar-refractivity contribution in [2.45, 2.75) is 6.42 Å². The van der Waals surface area contributed by atoms with Crippen LogP contribution in [0, 0.1) is 0 Å². The molecule has 0 saturated heterocycles. The maximum absolute atomic E-state index is 5.46. The number of hydrogen-bond acceptors (Lipinski definition) is 6. The van der Waals surface area contributed by atoms with Gasteiger partial charge in [-0.25, -0.2) is 4.98 Å². The molecule has 1 aromatic rings. The molecule has 1 heterocycles. The predicted octanol–water partition coefficient (Wildman–Crippen LogP) is 0.774. The first-order chi connectivity index (χ1) is 7.33. The van der Waals surface area contributed by atoms with E-state index in [2.05, 4.69) is 22.6 Å². The lowest BCUT2D eigenvalue weighted by Crippen LogP contribution is -2.06. The summed E-state index contributed by atoms with van der Waals surface area (Å²) in [5, 5.41) is 0. The highest BCUT2D eigenvalue weighted by Gasteiger charge is 1.97. The smallest absolute Gasteiger partial charge is 0.318 e. The van der Waals surface area contributed by atoms with Crippen LogP contribution in [-0.2, 0) is 4.74 Å². The Hall–Kier alpha value is -1.01. The lowest BCUT2D eigenvalue weighted by Gasteiger charge is -2.04. The molecular weight excluding hydrogens is 214 g/mol. The van der Waals surface area contributed by atoms with Crippen LogP contribution >= 0.6 is 12.6 Å². The molecule has 0 bridgehead atoms. The van der Waals surface area contributed by atoms with E-state index in [-0.39, 0.29) is 0 Å². The molecular formula is C9H15N3O2S. The molecule has 0 saturated carbocycles. The number of nitrogens with zero attached hydrogens (tertiary/aromatic N) is 2. The maximum Gasteiger partial charge on any atom is 0.318 e. The molecule has 0 spiro atoms. The Bertz CT molecular complexity index is 286. The van der Waals surface area contributed by atoms with E-state index in [1.165, 1.54) is 0 Å². The van der Waals surface area contributed by atoms with Gasteiger partial charge in [-0.2, -0.15) is 17.6 Å². The van der Waals surface area contributed by atoms with Gasteiger partial charge in [0.1, 0.15) is 5.82 Å². The monoisotopic (exact) mass is 229 g/mol. The van der Waals surface area contributed by atoms with E-state index in [1.54, 1.807) is 12.3 Å². The summed E-state index contributed by atoms with van der Waals surface area (Å²) in [6, 6.07) is 1.92. The van der Waals surface area contributed by atoms with Crippen LogP contribution in [0.5, 0.6) is 6.01 Å². The standard InChI is InChI=1S/C9H15N3O2S/c10-8-2-3-11-9(12-8)14-5-1-4-13-6-7-15/h2-3,15H,1,4-7H2,(H2,10,11,12). The zero-order valence-corrected chi connectivity index (χ0v) is 9.32. The van der Waals surface area contributed by atoms with Crippen molar-refractivity contribution >= 4 is 18.4 Å². The third kappa shape index (κ3) is 5.44. The second-order valence-corrected chi connectivity index (χ2v) is 3.25. The lowest BCUT2D eigenvalue weighted by atomic mass is 10.5. The fraction of sp³-hybridized carbons (Fsp3) is 0.556. The molecule has 0 fully saturated rings. The van der Waals surface area contributed by atoms with E-state index >= 15 is 0 Å². The van der Waals surface area contributed by atoms with Crippen LogP contribution in [0.1, 0.15) is 6.42 Å². The SMILES string of the molecule is Nc1ccnc(OCCCOCCS)n1. The van der Waals surface area contributed by atoms with Gasteiger partial charge in [0, 0.05) is 25.0 Å². The first-order valence-electron chi connectivity index (χ1n) is 4.73. The zero-order chi connectivity index (χ0) is 10.9. The number of aromatic nitrogens is 2. The van der Waals surface area contributed by atoms with Crippen molar-refractivity contribution in [3.8, 4) is 6.01 Å². The molecule has 0 radical (unpaired) electrons. The normalized spacial score (nSPS) is 10.2. The van der Waals surface area contributed by atoms with Crippen LogP contribution in [0.3, 0.4) is 0 Å². The molecule has 15 heavy (non-hydrogen) atoms. The van der Waals surface area contributed by atoms with Crippen LogP contribution in [0.4, 0.5) is 5.82 Å². The maximum atomic E-state index is 5.46. The Morgan fingerprint density at radius 3 is 2.93 bits per heavy atom. The summed E-state index contributed by atoms with van der Waals surface area (Å²) in [5.41, 5.74) is 5.46. The molecule has 0 amide bonds. The van der Waals surface area contributed by atoms with Gasteiger partial charge in [-0.3, -0.25) is 0 Å². The molecule has 1 rings (SSSR count). The minimum absolute atomic E-state index is 0.309. The minimum Gasteiger partial charge on any atom is -0.463 e. The molecule has 0 aliphatic carbocycles. The average molecular weight is 229 g/mol. The van der Waals surface area contributed by atoms with Crippen molar-refractivity contribution in [1.82, 2.24) is 9.97 Å². The van der Waals surface area contributed by atoms with Crippen molar-refractivity contribution < 1.29 is 9.47 Å². The third-order valence-corrected chi connectivity index (χ3v) is 1.74. The van der Waals surface area contributed by atoms with E-state index in [1.807, 2.05) is 0 Å². The Morgan fingerprint density at radius 1 is 1.33 bits per heavy atom. The van der Waals surface area contributed by atoms with Gasteiger partial charge in [0.2, 0.25) is 0 Å². The zero-order valence-electron chi connectivity index (χ0n) is 8.43. The molecule has 6 heteroatoms. The molecule has 0 unspecified atom stereocenters. The third-order valence-electron chi connectivity index (χ3n) is 1.55. The van der Waals surface area contributed by atoms with Crippen LogP contribution < -0.4 is 10.5 Å². The van der Waals surface area contributed by atoms with E-state index < -0.39 is 0 Å². The average Bonchev–Trinajstić information content (AvgIpc) is 2.23. The van der Waals surface area contributed by atoms with Crippen molar-refractivity contribution in [3.63, 3.8) is 0 Å². The summed E-state index contributed by atoms with van der Waals surface area (Å²) >= 11 is 4.02. The van der Waals surface area contributed by atoms with E-state index in [9.17, 15) is 0 Å². The molecule has 0 aliphatic heterocycles. The van der Waals surface area contributed by atoms with Gasteiger partial charge in [-0.1, -0.05) is 0 Å². The topological polar surface area (TPSA) is 70.3 Å². The van der Waals surface area contributed by atoms with Crippen LogP contribution in [-0.4, -0.2) is 35.5 Å². The van der Waals surface area contributed by atoms with Crippen LogP contribution in [0.25, 0.3) is 0 Å². The Labute approximate surface area is 94.4 Å². The minimum atomic E-state index is 0.309. The fourth-order valence-electron chi connectivity index (χ4n) is 0.915. The summed E-state index contributed by atoms with van der Waals surface area (Å²) in [4.78, 5) is 7.81. The van der Waals surface area contributed by atoms with Crippen LogP contribution in [0.15, 0.2) is 12.3 Å². The molecule has 0 atom stereocenters. The molecule has 0 aliphatic rings. The predicted molar refractivity (Wildman–Crippen MR) is 61.2 cm³/mol. The highest BCUT2D eigenvalue weighted by molar-refractivity contribution is 7.80. The second-order valence-electron chi connectivity index (χ2n) is 2.80. The Kier molecular flexibility index (Phi) is 5.87. The van der Waals surface area contributed by atoms with Gasteiger partial charge in [0.15, 0.2) is 0 Å². The number of thiol groups is 1. The van der Waals surface area contributed by atoms with Crippen molar-refractivity contribution in [3.05, 3.63) is 12.3 Å². The van der Waals surface area contributed by atoms with E-state index in [0.29, 0.717) is 31.6 Å². The van der Waals surface area contributed by atoms with Gasteiger partial charge in [-0.05, 0) is 6.07 Å². The van der Waals surface area contributed by atoms with Gasteiger partial charge in [0.05, 0.1) is 13.2 Å². The van der Waals surface area contributed by atoms with E-state index in [0.717, 1.165) is 12.2 Å². The number of nitrogens with two attached hydrogens (primary N) is 1. The van der Waals surface area contributed by atoms with E-state index in [4.69, 9.17) is 15.2 Å². The summed E-state index contributed by atoms with van der Waals surface area (Å²) in [6.45, 7) is 1.84. The summed E-state index contributed by atoms with van der Waals surface area (Å²) in [5.74, 6) is 1.14. The first kappa shape index (κ1) is 12.1. The van der Waals surface area contributed by atoms with Crippen LogP contribution in [0.2, 0.25) is 0 Å². The fourth-order valence-corrected chi connectivity index (χ4v) is 1.04. The summed E-state index contributed by atoms with van der Waals surface area (Å²) in [6.07, 6.45) is 2.36. The van der Waals surface area contributed by atoms with Crippen molar-refractivity contribution in [2.75, 3.05) is 31.3 Å². The number of ether oxygens (including phenoxy) is 2. The highest BCUT2D eigenvalue weighted by atomic mass is 32.1. The quantitative estimate of drug-likeness (QED) is 0.534. The number of nitrogen functional groups attached to an aromatic ring is 1. The molecule has 2 N–H and O–H groups in total. The Morgan fingerprint density at radius 2 is 2.20 bits per heavy atom. The molecule has 0 aromatic carbocycles. The Balaban J connectivity index is 2.10. The van der Waals surface area contributed by atoms with Gasteiger partial charge >= 0.3 is 6.01 Å². The van der Waals surface area contributed by atoms with Gasteiger partial charge < -0.3 is 15.2 Å². The number of rotatable bonds is 7. The summed E-state index contributed by atoms with van der Waals surface area (Å²) in [7, 11) is 0. The lowest BCUT2D eigenvalue weighted by molar-refractivity contribution is 0.131. The van der Waals surface area contributed by atoms with Crippen molar-refractivity contribution in [1.29, 1.82) is 0 Å². The largest absolute Gasteiger partial charge is 0.463 e. The van der Waals surface area contributed by atoms with Crippen molar-refractivity contribution in [2.24, 2.45) is 0 Å². The second kappa shape index (κ2) is 7.30. The highest BCUT2D eigenvalue weighted by Crippen LogP contribution is 2.03. The first-order valence-corrected chi connectivity index (χ1v) is 5.36. The van der Waals surface area contributed by atoms with Gasteiger partial charge in [-0.15, -0.1) is 0 Å². The number of anilines is 1. The van der Waals surface area contributed by atoms with Gasteiger partial charge in [0.25, 0.3) is 0 Å². The number of hydrogen-bond donors (Lipinski definition) is 2. The summed E-state index contributed by atoms with van der Waals surface area (Å²) < 4.78 is 10.5.